The Labute approximate surface area is 173 Å². The summed E-state index contributed by atoms with van der Waals surface area (Å²) in [7, 11) is 0. The van der Waals surface area contributed by atoms with Crippen molar-refractivity contribution < 1.29 is 9.59 Å². The molecule has 154 valence electrons. The van der Waals surface area contributed by atoms with Crippen LogP contribution >= 0.6 is 0 Å². The molecule has 29 heavy (non-hydrogen) atoms. The monoisotopic (exact) mass is 392 g/mol. The van der Waals surface area contributed by atoms with Crippen LogP contribution in [0.3, 0.4) is 0 Å². The van der Waals surface area contributed by atoms with Gasteiger partial charge in [-0.1, -0.05) is 6.07 Å². The highest BCUT2D eigenvalue weighted by Gasteiger charge is 2.45. The zero-order chi connectivity index (χ0) is 19.5. The molecular formula is C25H32N2O2. The minimum Gasteiger partial charge on any atom is -0.349 e. The molecule has 0 saturated heterocycles. The molecule has 4 fully saturated rings. The number of hydrogen-bond donors (Lipinski definition) is 2. The van der Waals surface area contributed by atoms with Crippen LogP contribution in [-0.4, -0.2) is 11.8 Å². The summed E-state index contributed by atoms with van der Waals surface area (Å²) in [5, 5.41) is 6.51. The second-order valence-electron chi connectivity index (χ2n) is 10.5. The number of hydrogen-bond acceptors (Lipinski definition) is 2. The van der Waals surface area contributed by atoms with Gasteiger partial charge in [0, 0.05) is 17.5 Å². The third-order valence-corrected chi connectivity index (χ3v) is 8.63. The van der Waals surface area contributed by atoms with Crippen LogP contribution in [0, 0.1) is 35.5 Å². The van der Waals surface area contributed by atoms with E-state index in [1.165, 1.54) is 36.8 Å². The highest BCUT2D eigenvalue weighted by molar-refractivity contribution is 5.92. The van der Waals surface area contributed by atoms with Crippen molar-refractivity contribution in [3.8, 4) is 0 Å². The lowest BCUT2D eigenvalue weighted by Gasteiger charge is -2.23. The van der Waals surface area contributed by atoms with Gasteiger partial charge in [-0.05, 0) is 111 Å². The van der Waals surface area contributed by atoms with Gasteiger partial charge in [-0.3, -0.25) is 9.59 Å². The number of carbonyl (C=O) groups excluding carboxylic acids is 2. The minimum absolute atomic E-state index is 0.143. The number of nitrogens with one attached hydrogen (secondary N) is 2. The summed E-state index contributed by atoms with van der Waals surface area (Å²) in [6, 6.07) is 6.43. The molecule has 0 aromatic heterocycles. The molecule has 0 radical (unpaired) electrons. The summed E-state index contributed by atoms with van der Waals surface area (Å²) in [5.41, 5.74) is 3.45. The van der Waals surface area contributed by atoms with Crippen LogP contribution in [0.5, 0.6) is 0 Å². The Morgan fingerprint density at radius 3 is 2.14 bits per heavy atom. The summed E-state index contributed by atoms with van der Waals surface area (Å²) >= 11 is 0. The Morgan fingerprint density at radius 1 is 0.759 bits per heavy atom. The fraction of sp³-hybridized carbons (Fsp3) is 0.680. The van der Waals surface area contributed by atoms with Gasteiger partial charge in [-0.25, -0.2) is 0 Å². The lowest BCUT2D eigenvalue weighted by atomic mass is 9.88. The Morgan fingerprint density at radius 2 is 1.45 bits per heavy atom. The first-order valence-corrected chi connectivity index (χ1v) is 11.9. The Hall–Kier alpha value is -1.84. The molecule has 0 aliphatic heterocycles. The molecule has 1 aromatic rings. The van der Waals surface area contributed by atoms with Crippen LogP contribution in [0.25, 0.3) is 0 Å². The van der Waals surface area contributed by atoms with Crippen LogP contribution in [-0.2, 0) is 16.0 Å². The third-order valence-electron chi connectivity index (χ3n) is 8.63. The smallest absolute Gasteiger partial charge is 0.227 e. The largest absolute Gasteiger partial charge is 0.349 e. The van der Waals surface area contributed by atoms with E-state index in [1.54, 1.807) is 0 Å². The van der Waals surface area contributed by atoms with E-state index in [-0.39, 0.29) is 29.7 Å². The Kier molecular flexibility index (Phi) is 4.25. The van der Waals surface area contributed by atoms with Gasteiger partial charge in [-0.2, -0.15) is 0 Å². The maximum absolute atomic E-state index is 12.8. The lowest BCUT2D eigenvalue weighted by Crippen LogP contribution is -2.34. The maximum atomic E-state index is 12.8. The molecule has 6 rings (SSSR count). The molecule has 5 aliphatic carbocycles. The summed E-state index contributed by atoms with van der Waals surface area (Å²) in [6.07, 6.45) is 11.4. The standard InChI is InChI=1S/C25H32N2O2/c28-24(17-3-1-14-9-19(14)11-17)26-21-6-7-22-16(13-21)5-8-23(22)27-25(29)18-4-2-15-10-20(15)12-18/h6-7,13-15,17-20,23H,1-5,8-12H2,(H,26,28)(H,27,29). The van der Waals surface area contributed by atoms with E-state index in [2.05, 4.69) is 22.8 Å². The number of fused-ring (bicyclic) bond motifs is 3. The van der Waals surface area contributed by atoms with Crippen LogP contribution in [0.15, 0.2) is 18.2 Å². The van der Waals surface area contributed by atoms with Crippen LogP contribution in [0.1, 0.15) is 75.0 Å². The van der Waals surface area contributed by atoms with Gasteiger partial charge in [0.15, 0.2) is 0 Å². The minimum atomic E-state index is 0.143. The number of anilines is 1. The molecular weight excluding hydrogens is 360 g/mol. The maximum Gasteiger partial charge on any atom is 0.227 e. The fourth-order valence-electron chi connectivity index (χ4n) is 6.56. The van der Waals surface area contributed by atoms with Gasteiger partial charge >= 0.3 is 0 Å². The van der Waals surface area contributed by atoms with Gasteiger partial charge in [0.25, 0.3) is 0 Å². The predicted molar refractivity (Wildman–Crippen MR) is 112 cm³/mol. The molecule has 0 bridgehead atoms. The third kappa shape index (κ3) is 3.49. The first kappa shape index (κ1) is 18.0. The molecule has 0 spiro atoms. The van der Waals surface area contributed by atoms with E-state index in [9.17, 15) is 9.59 Å². The molecule has 7 unspecified atom stereocenters. The highest BCUT2D eigenvalue weighted by atomic mass is 16.2. The topological polar surface area (TPSA) is 58.2 Å². The summed E-state index contributed by atoms with van der Waals surface area (Å²) in [4.78, 5) is 25.5. The fourth-order valence-corrected chi connectivity index (χ4v) is 6.56. The van der Waals surface area contributed by atoms with E-state index in [0.29, 0.717) is 0 Å². The van der Waals surface area contributed by atoms with E-state index in [0.717, 1.165) is 67.9 Å². The van der Waals surface area contributed by atoms with E-state index in [1.807, 2.05) is 6.07 Å². The molecule has 4 heteroatoms. The molecule has 0 heterocycles. The average molecular weight is 393 g/mol. The van der Waals surface area contributed by atoms with Gasteiger partial charge < -0.3 is 10.6 Å². The van der Waals surface area contributed by atoms with Gasteiger partial charge in [0.1, 0.15) is 0 Å². The Bertz CT molecular complexity index is 849. The molecule has 2 N–H and O–H groups in total. The van der Waals surface area contributed by atoms with Crippen molar-refractivity contribution in [2.24, 2.45) is 35.5 Å². The SMILES string of the molecule is O=C(Nc1ccc2c(c1)CCC2NC(=O)C1CCC2CC2C1)C1CCC2CC2C1. The first-order valence-electron chi connectivity index (χ1n) is 11.9. The van der Waals surface area contributed by atoms with Gasteiger partial charge in [0.05, 0.1) is 6.04 Å². The second kappa shape index (κ2) is 6.85. The quantitative estimate of drug-likeness (QED) is 0.787. The van der Waals surface area contributed by atoms with Crippen molar-refractivity contribution in [3.63, 3.8) is 0 Å². The highest BCUT2D eigenvalue weighted by Crippen LogP contribution is 2.52. The van der Waals surface area contributed by atoms with Crippen LogP contribution in [0.4, 0.5) is 5.69 Å². The number of benzene rings is 1. The van der Waals surface area contributed by atoms with Gasteiger partial charge in [0.2, 0.25) is 11.8 Å². The van der Waals surface area contributed by atoms with Crippen molar-refractivity contribution >= 4 is 17.5 Å². The first-order chi connectivity index (χ1) is 14.1. The second-order valence-corrected chi connectivity index (χ2v) is 10.5. The molecule has 5 aliphatic rings. The van der Waals surface area contributed by atoms with Crippen LogP contribution < -0.4 is 10.6 Å². The number of aryl methyl sites for hydroxylation is 1. The van der Waals surface area contributed by atoms with Crippen molar-refractivity contribution in [2.75, 3.05) is 5.32 Å². The van der Waals surface area contributed by atoms with Crippen molar-refractivity contribution in [3.05, 3.63) is 29.3 Å². The number of amides is 2. The number of carbonyl (C=O) groups is 2. The number of rotatable bonds is 4. The van der Waals surface area contributed by atoms with Crippen LogP contribution in [0.2, 0.25) is 0 Å². The average Bonchev–Trinajstić information content (AvgIpc) is 3.63. The zero-order valence-corrected chi connectivity index (χ0v) is 17.2. The molecule has 2 amide bonds. The zero-order valence-electron chi connectivity index (χ0n) is 17.2. The summed E-state index contributed by atoms with van der Waals surface area (Å²) in [6.45, 7) is 0. The van der Waals surface area contributed by atoms with E-state index < -0.39 is 0 Å². The van der Waals surface area contributed by atoms with Crippen molar-refractivity contribution in [1.82, 2.24) is 5.32 Å². The molecule has 4 nitrogen and oxygen atoms in total. The predicted octanol–water partition coefficient (Wildman–Crippen LogP) is 4.60. The Balaban J connectivity index is 1.08. The summed E-state index contributed by atoms with van der Waals surface area (Å²) < 4.78 is 0. The molecule has 4 saturated carbocycles. The summed E-state index contributed by atoms with van der Waals surface area (Å²) in [5.74, 6) is 4.39. The van der Waals surface area contributed by atoms with Crippen molar-refractivity contribution in [1.29, 1.82) is 0 Å². The van der Waals surface area contributed by atoms with E-state index >= 15 is 0 Å². The normalized spacial score (nSPS) is 39.0. The van der Waals surface area contributed by atoms with E-state index in [4.69, 9.17) is 0 Å². The molecule has 7 atom stereocenters. The van der Waals surface area contributed by atoms with Crippen molar-refractivity contribution in [2.45, 2.75) is 70.3 Å². The lowest BCUT2D eigenvalue weighted by molar-refractivity contribution is -0.126. The van der Waals surface area contributed by atoms with Gasteiger partial charge in [-0.15, -0.1) is 0 Å². The molecule has 1 aromatic carbocycles.